The zero-order chi connectivity index (χ0) is 13.3. The Hall–Kier alpha value is -0.650. The maximum atomic E-state index is 12.2. The summed E-state index contributed by atoms with van der Waals surface area (Å²) in [7, 11) is 1.90. The van der Waals surface area contributed by atoms with Crippen LogP contribution in [-0.2, 0) is 11.2 Å². The molecular formula is C13H22ClN3OS. The lowest BCUT2D eigenvalue weighted by molar-refractivity contribution is -0.137. The molecule has 0 radical (unpaired) electrons. The van der Waals surface area contributed by atoms with Gasteiger partial charge in [-0.3, -0.25) is 4.79 Å². The average molecular weight is 304 g/mol. The number of halogens is 1. The van der Waals surface area contributed by atoms with Crippen LogP contribution in [-0.4, -0.2) is 35.9 Å². The van der Waals surface area contributed by atoms with E-state index in [1.165, 1.54) is 4.88 Å². The normalized spacial score (nSPS) is 16.4. The third-order valence-electron chi connectivity index (χ3n) is 3.62. The van der Waals surface area contributed by atoms with Gasteiger partial charge in [-0.2, -0.15) is 0 Å². The first kappa shape index (κ1) is 16.4. The second kappa shape index (κ2) is 6.68. The molecular weight excluding hydrogens is 282 g/mol. The highest BCUT2D eigenvalue weighted by Gasteiger charge is 2.31. The van der Waals surface area contributed by atoms with Crippen LogP contribution < -0.4 is 5.32 Å². The summed E-state index contributed by atoms with van der Waals surface area (Å²) in [6, 6.07) is 0.121. The van der Waals surface area contributed by atoms with Crippen molar-refractivity contribution in [2.75, 3.05) is 20.1 Å². The van der Waals surface area contributed by atoms with Gasteiger partial charge in [0.15, 0.2) is 0 Å². The van der Waals surface area contributed by atoms with Crippen molar-refractivity contribution < 1.29 is 4.79 Å². The molecule has 0 saturated carbocycles. The first-order chi connectivity index (χ1) is 8.54. The van der Waals surface area contributed by atoms with Crippen LogP contribution in [0, 0.1) is 12.8 Å². The first-order valence-corrected chi connectivity index (χ1v) is 7.29. The van der Waals surface area contributed by atoms with Gasteiger partial charge in [0.2, 0.25) is 5.91 Å². The number of aromatic nitrogens is 1. The van der Waals surface area contributed by atoms with E-state index in [0.717, 1.165) is 30.2 Å². The van der Waals surface area contributed by atoms with Crippen molar-refractivity contribution in [3.05, 3.63) is 15.6 Å². The molecule has 0 spiro atoms. The number of thiazole rings is 1. The summed E-state index contributed by atoms with van der Waals surface area (Å²) in [6.07, 6.45) is 0.961. The SMILES string of the molecule is CCc1nc(C)c(C(C)N(C)C(=O)C2CNC2)s1.Cl. The van der Waals surface area contributed by atoms with E-state index in [1.54, 1.807) is 11.3 Å². The molecule has 1 aromatic heterocycles. The number of carbonyl (C=O) groups is 1. The van der Waals surface area contributed by atoms with E-state index in [0.29, 0.717) is 0 Å². The fourth-order valence-corrected chi connectivity index (χ4v) is 3.23. The Morgan fingerprint density at radius 2 is 2.21 bits per heavy atom. The van der Waals surface area contributed by atoms with Crippen molar-refractivity contribution >= 4 is 29.7 Å². The van der Waals surface area contributed by atoms with Crippen molar-refractivity contribution in [2.45, 2.75) is 33.2 Å². The fraction of sp³-hybridized carbons (Fsp3) is 0.692. The van der Waals surface area contributed by atoms with E-state index in [1.807, 2.05) is 18.9 Å². The summed E-state index contributed by atoms with van der Waals surface area (Å²) >= 11 is 1.73. The predicted octanol–water partition coefficient (Wildman–Crippen LogP) is 2.17. The third kappa shape index (κ3) is 3.27. The van der Waals surface area contributed by atoms with E-state index in [9.17, 15) is 4.79 Å². The minimum Gasteiger partial charge on any atom is -0.338 e. The molecule has 2 heterocycles. The number of hydrogen-bond acceptors (Lipinski definition) is 4. The largest absolute Gasteiger partial charge is 0.338 e. The molecule has 0 aromatic carbocycles. The van der Waals surface area contributed by atoms with Crippen molar-refractivity contribution in [3.63, 3.8) is 0 Å². The molecule has 1 aromatic rings. The van der Waals surface area contributed by atoms with Gasteiger partial charge in [0.05, 0.1) is 22.7 Å². The molecule has 108 valence electrons. The quantitative estimate of drug-likeness (QED) is 0.927. The van der Waals surface area contributed by atoms with Crippen LogP contribution in [0.2, 0.25) is 0 Å². The highest BCUT2D eigenvalue weighted by atomic mass is 35.5. The molecule has 1 N–H and O–H groups in total. The molecule has 4 nitrogen and oxygen atoms in total. The van der Waals surface area contributed by atoms with Crippen LogP contribution in [0.15, 0.2) is 0 Å². The van der Waals surface area contributed by atoms with Crippen molar-refractivity contribution in [1.82, 2.24) is 15.2 Å². The third-order valence-corrected chi connectivity index (χ3v) is 5.09. The average Bonchev–Trinajstić information content (AvgIpc) is 2.66. The topological polar surface area (TPSA) is 45.2 Å². The maximum Gasteiger partial charge on any atom is 0.228 e. The number of rotatable bonds is 4. The fourth-order valence-electron chi connectivity index (χ4n) is 2.12. The van der Waals surface area contributed by atoms with Crippen LogP contribution >= 0.6 is 23.7 Å². The zero-order valence-corrected chi connectivity index (χ0v) is 13.5. The molecule has 0 aliphatic carbocycles. The number of carbonyl (C=O) groups excluding carboxylic acids is 1. The van der Waals surface area contributed by atoms with E-state index in [4.69, 9.17) is 0 Å². The second-order valence-corrected chi connectivity index (χ2v) is 6.01. The summed E-state index contributed by atoms with van der Waals surface area (Å²) in [6.45, 7) is 7.87. The minimum absolute atomic E-state index is 0. The Bertz CT molecular complexity index is 445. The van der Waals surface area contributed by atoms with Gasteiger partial charge in [-0.25, -0.2) is 4.98 Å². The first-order valence-electron chi connectivity index (χ1n) is 6.48. The van der Waals surface area contributed by atoms with Crippen LogP contribution in [0.4, 0.5) is 0 Å². The molecule has 6 heteroatoms. The number of amides is 1. The molecule has 1 fully saturated rings. The van der Waals surface area contributed by atoms with Gasteiger partial charge in [-0.05, 0) is 20.3 Å². The molecule has 1 amide bonds. The van der Waals surface area contributed by atoms with Crippen LogP contribution in [0.25, 0.3) is 0 Å². The Kier molecular flexibility index (Phi) is 5.77. The second-order valence-electron chi connectivity index (χ2n) is 4.89. The van der Waals surface area contributed by atoms with Crippen molar-refractivity contribution in [3.8, 4) is 0 Å². The molecule has 1 saturated heterocycles. The standard InChI is InChI=1S/C13H21N3OS.ClH/c1-5-11-15-8(2)12(18-11)9(3)16(4)13(17)10-6-14-7-10;/h9-10,14H,5-7H2,1-4H3;1H. The van der Waals surface area contributed by atoms with Gasteiger partial charge in [0.1, 0.15) is 0 Å². The van der Waals surface area contributed by atoms with Crippen LogP contribution in [0.3, 0.4) is 0 Å². The van der Waals surface area contributed by atoms with Crippen LogP contribution in [0.1, 0.15) is 35.5 Å². The van der Waals surface area contributed by atoms with Gasteiger partial charge < -0.3 is 10.2 Å². The molecule has 2 rings (SSSR count). The summed E-state index contributed by atoms with van der Waals surface area (Å²) in [5, 5.41) is 4.30. The molecule has 1 aliphatic rings. The monoisotopic (exact) mass is 303 g/mol. The van der Waals surface area contributed by atoms with Gasteiger partial charge in [-0.15, -0.1) is 23.7 Å². The number of nitrogens with zero attached hydrogens (tertiary/aromatic N) is 2. The predicted molar refractivity (Wildman–Crippen MR) is 81.0 cm³/mol. The van der Waals surface area contributed by atoms with Crippen molar-refractivity contribution in [2.24, 2.45) is 5.92 Å². The Balaban J connectivity index is 0.00000180. The maximum absolute atomic E-state index is 12.2. The molecule has 19 heavy (non-hydrogen) atoms. The molecule has 1 aliphatic heterocycles. The van der Waals surface area contributed by atoms with Gasteiger partial charge >= 0.3 is 0 Å². The van der Waals surface area contributed by atoms with Gasteiger partial charge in [-0.1, -0.05) is 6.92 Å². The smallest absolute Gasteiger partial charge is 0.228 e. The number of hydrogen-bond donors (Lipinski definition) is 1. The lowest BCUT2D eigenvalue weighted by Gasteiger charge is -2.33. The Morgan fingerprint density at radius 1 is 1.58 bits per heavy atom. The highest BCUT2D eigenvalue weighted by molar-refractivity contribution is 7.11. The minimum atomic E-state index is 0. The Labute approximate surface area is 125 Å². The summed E-state index contributed by atoms with van der Waals surface area (Å²) in [5.74, 6) is 0.406. The van der Waals surface area contributed by atoms with Crippen LogP contribution in [0.5, 0.6) is 0 Å². The summed E-state index contributed by atoms with van der Waals surface area (Å²) in [4.78, 5) is 19.8. The molecule has 1 atom stereocenters. The lowest BCUT2D eigenvalue weighted by atomic mass is 10.0. The summed E-state index contributed by atoms with van der Waals surface area (Å²) < 4.78 is 0. The zero-order valence-electron chi connectivity index (χ0n) is 11.9. The number of aryl methyl sites for hydroxylation is 2. The van der Waals surface area contributed by atoms with Crippen molar-refractivity contribution in [1.29, 1.82) is 0 Å². The molecule has 1 unspecified atom stereocenters. The molecule has 0 bridgehead atoms. The number of nitrogens with one attached hydrogen (secondary N) is 1. The summed E-state index contributed by atoms with van der Waals surface area (Å²) in [5.41, 5.74) is 1.07. The van der Waals surface area contributed by atoms with E-state index in [-0.39, 0.29) is 30.3 Å². The van der Waals surface area contributed by atoms with E-state index in [2.05, 4.69) is 24.1 Å². The van der Waals surface area contributed by atoms with E-state index < -0.39 is 0 Å². The lowest BCUT2D eigenvalue weighted by Crippen LogP contribution is -2.51. The highest BCUT2D eigenvalue weighted by Crippen LogP contribution is 2.29. The van der Waals surface area contributed by atoms with E-state index >= 15 is 0 Å². The van der Waals surface area contributed by atoms with Gasteiger partial charge in [0, 0.05) is 25.0 Å². The Morgan fingerprint density at radius 3 is 2.63 bits per heavy atom. The van der Waals surface area contributed by atoms with Gasteiger partial charge in [0.25, 0.3) is 0 Å².